The number of hydrogen-bond donors (Lipinski definition) is 1. The molecule has 0 aromatic heterocycles. The van der Waals surface area contributed by atoms with Crippen LogP contribution in [0.15, 0.2) is 48.5 Å². The molecule has 1 N–H and O–H groups in total. The van der Waals surface area contributed by atoms with E-state index in [-0.39, 0.29) is 11.4 Å². The van der Waals surface area contributed by atoms with E-state index < -0.39 is 0 Å². The van der Waals surface area contributed by atoms with Crippen molar-refractivity contribution in [1.29, 1.82) is 0 Å². The third-order valence-corrected chi connectivity index (χ3v) is 3.99. The largest absolute Gasteiger partial charge is 0.365 e. The molecule has 0 saturated heterocycles. The van der Waals surface area contributed by atoms with Gasteiger partial charge in [-0.1, -0.05) is 36.4 Å². The monoisotopic (exact) mass is 284 g/mol. The van der Waals surface area contributed by atoms with Crippen molar-refractivity contribution >= 4 is 5.69 Å². The summed E-state index contributed by atoms with van der Waals surface area (Å²) in [7, 11) is 0. The van der Waals surface area contributed by atoms with Gasteiger partial charge >= 0.3 is 0 Å². The van der Waals surface area contributed by atoms with Gasteiger partial charge in [0.25, 0.3) is 0 Å². The standard InChI is InChI=1S/C18H21FN2/c1-18(2)13-21(12-15-8-3-5-9-16(15)19)17-10-6-4-7-14(17)11-20-18/h3-10,20H,11-13H2,1-2H3. The molecule has 0 amide bonds. The molecule has 1 aliphatic heterocycles. The van der Waals surface area contributed by atoms with E-state index in [0.717, 1.165) is 18.7 Å². The number of benzene rings is 2. The molecule has 0 saturated carbocycles. The molecule has 110 valence electrons. The lowest BCUT2D eigenvalue weighted by molar-refractivity contribution is 0.394. The van der Waals surface area contributed by atoms with Crippen LogP contribution in [0.2, 0.25) is 0 Å². The van der Waals surface area contributed by atoms with E-state index >= 15 is 0 Å². The van der Waals surface area contributed by atoms with E-state index in [9.17, 15) is 4.39 Å². The molecule has 2 aromatic carbocycles. The van der Waals surface area contributed by atoms with Crippen LogP contribution in [0.4, 0.5) is 10.1 Å². The molecule has 3 heteroatoms. The van der Waals surface area contributed by atoms with Gasteiger partial charge in [0.05, 0.1) is 0 Å². The van der Waals surface area contributed by atoms with Crippen LogP contribution in [-0.2, 0) is 13.1 Å². The third-order valence-electron chi connectivity index (χ3n) is 3.99. The zero-order chi connectivity index (χ0) is 14.9. The maximum atomic E-state index is 14.0. The molecule has 1 heterocycles. The fourth-order valence-corrected chi connectivity index (χ4v) is 2.89. The Bertz CT molecular complexity index is 637. The second kappa shape index (κ2) is 5.49. The lowest BCUT2D eigenvalue weighted by atomic mass is 10.0. The van der Waals surface area contributed by atoms with E-state index in [2.05, 4.69) is 42.3 Å². The summed E-state index contributed by atoms with van der Waals surface area (Å²) in [5, 5.41) is 3.57. The predicted octanol–water partition coefficient (Wildman–Crippen LogP) is 3.71. The van der Waals surface area contributed by atoms with Crippen molar-refractivity contribution in [2.24, 2.45) is 0 Å². The van der Waals surface area contributed by atoms with Gasteiger partial charge in [0, 0.05) is 36.4 Å². The van der Waals surface area contributed by atoms with Crippen LogP contribution < -0.4 is 10.2 Å². The van der Waals surface area contributed by atoms with Crippen molar-refractivity contribution in [3.05, 3.63) is 65.5 Å². The Morgan fingerprint density at radius 3 is 2.62 bits per heavy atom. The molecule has 0 spiro atoms. The molecule has 0 bridgehead atoms. The fourth-order valence-electron chi connectivity index (χ4n) is 2.89. The summed E-state index contributed by atoms with van der Waals surface area (Å²) < 4.78 is 14.0. The minimum absolute atomic E-state index is 0.00965. The maximum Gasteiger partial charge on any atom is 0.128 e. The first-order valence-corrected chi connectivity index (χ1v) is 7.36. The van der Waals surface area contributed by atoms with Crippen molar-refractivity contribution in [3.8, 4) is 0 Å². The lowest BCUT2D eigenvalue weighted by Crippen LogP contribution is -2.46. The first-order chi connectivity index (χ1) is 10.1. The summed E-state index contributed by atoms with van der Waals surface area (Å²) in [6.07, 6.45) is 0. The van der Waals surface area contributed by atoms with Crippen molar-refractivity contribution in [3.63, 3.8) is 0 Å². The summed E-state index contributed by atoms with van der Waals surface area (Å²) in [6, 6.07) is 15.4. The van der Waals surface area contributed by atoms with Gasteiger partial charge in [-0.3, -0.25) is 0 Å². The van der Waals surface area contributed by atoms with Crippen LogP contribution in [0.25, 0.3) is 0 Å². The smallest absolute Gasteiger partial charge is 0.128 e. The second-order valence-electron chi connectivity index (χ2n) is 6.31. The molecule has 0 fully saturated rings. The summed E-state index contributed by atoms with van der Waals surface area (Å²) in [4.78, 5) is 2.27. The Morgan fingerprint density at radius 2 is 1.81 bits per heavy atom. The highest BCUT2D eigenvalue weighted by molar-refractivity contribution is 5.55. The third kappa shape index (κ3) is 3.08. The Labute approximate surface area is 125 Å². The van der Waals surface area contributed by atoms with Crippen LogP contribution in [0.1, 0.15) is 25.0 Å². The Morgan fingerprint density at radius 1 is 1.10 bits per heavy atom. The number of nitrogens with one attached hydrogen (secondary N) is 1. The topological polar surface area (TPSA) is 15.3 Å². The van der Waals surface area contributed by atoms with Crippen LogP contribution in [0.5, 0.6) is 0 Å². The molecule has 2 nitrogen and oxygen atoms in total. The first-order valence-electron chi connectivity index (χ1n) is 7.36. The van der Waals surface area contributed by atoms with Gasteiger partial charge in [0.2, 0.25) is 0 Å². The number of halogens is 1. The normalized spacial score (nSPS) is 17.2. The molecule has 0 radical (unpaired) electrons. The number of rotatable bonds is 2. The van der Waals surface area contributed by atoms with E-state index in [4.69, 9.17) is 0 Å². The first kappa shape index (κ1) is 14.1. The van der Waals surface area contributed by atoms with Crippen LogP contribution in [0.3, 0.4) is 0 Å². The van der Waals surface area contributed by atoms with Gasteiger partial charge in [0.1, 0.15) is 5.82 Å². The van der Waals surface area contributed by atoms with Crippen molar-refractivity contribution in [1.82, 2.24) is 5.32 Å². The summed E-state index contributed by atoms with van der Waals surface area (Å²) in [6.45, 7) is 6.66. The highest BCUT2D eigenvalue weighted by Gasteiger charge is 2.27. The van der Waals surface area contributed by atoms with Crippen LogP contribution in [-0.4, -0.2) is 12.1 Å². The van der Waals surface area contributed by atoms with Gasteiger partial charge in [-0.2, -0.15) is 0 Å². The highest BCUT2D eigenvalue weighted by Crippen LogP contribution is 2.28. The number of hydrogen-bond acceptors (Lipinski definition) is 2. The van der Waals surface area contributed by atoms with E-state index in [1.807, 2.05) is 18.2 Å². The molecule has 21 heavy (non-hydrogen) atoms. The molecule has 0 aliphatic carbocycles. The maximum absolute atomic E-state index is 14.0. The van der Waals surface area contributed by atoms with E-state index in [1.54, 1.807) is 6.07 Å². The molecular formula is C18H21FN2. The summed E-state index contributed by atoms with van der Waals surface area (Å²) in [5.74, 6) is -0.134. The minimum atomic E-state index is -0.134. The molecule has 0 atom stereocenters. The van der Waals surface area contributed by atoms with Crippen molar-refractivity contribution in [2.45, 2.75) is 32.5 Å². The molecule has 2 aromatic rings. The second-order valence-corrected chi connectivity index (χ2v) is 6.31. The number of para-hydroxylation sites is 1. The average molecular weight is 284 g/mol. The van der Waals surface area contributed by atoms with Crippen molar-refractivity contribution < 1.29 is 4.39 Å². The summed E-state index contributed by atoms with van der Waals surface area (Å²) in [5.41, 5.74) is 3.19. The average Bonchev–Trinajstić information content (AvgIpc) is 2.59. The molecular weight excluding hydrogens is 263 g/mol. The number of anilines is 1. The minimum Gasteiger partial charge on any atom is -0.365 e. The fraction of sp³-hybridized carbons (Fsp3) is 0.333. The Balaban J connectivity index is 1.96. The van der Waals surface area contributed by atoms with Crippen LogP contribution >= 0.6 is 0 Å². The zero-order valence-corrected chi connectivity index (χ0v) is 12.6. The van der Waals surface area contributed by atoms with E-state index in [1.165, 1.54) is 17.3 Å². The Hall–Kier alpha value is -1.87. The quantitative estimate of drug-likeness (QED) is 0.904. The van der Waals surface area contributed by atoms with Gasteiger partial charge < -0.3 is 10.2 Å². The highest BCUT2D eigenvalue weighted by atomic mass is 19.1. The number of fused-ring (bicyclic) bond motifs is 1. The van der Waals surface area contributed by atoms with Gasteiger partial charge in [0.15, 0.2) is 0 Å². The molecule has 1 aliphatic rings. The SMILES string of the molecule is CC1(C)CN(Cc2ccccc2F)c2ccccc2CN1. The van der Waals surface area contributed by atoms with Gasteiger partial charge in [-0.05, 0) is 31.5 Å². The summed E-state index contributed by atoms with van der Waals surface area (Å²) >= 11 is 0. The van der Waals surface area contributed by atoms with Gasteiger partial charge in [-0.15, -0.1) is 0 Å². The van der Waals surface area contributed by atoms with Crippen LogP contribution in [0, 0.1) is 5.82 Å². The molecule has 3 rings (SSSR count). The lowest BCUT2D eigenvalue weighted by Gasteiger charge is -2.32. The number of nitrogens with zero attached hydrogens (tertiary/aromatic N) is 1. The molecule has 0 unspecified atom stereocenters. The van der Waals surface area contributed by atoms with Crippen molar-refractivity contribution in [2.75, 3.05) is 11.4 Å². The zero-order valence-electron chi connectivity index (χ0n) is 12.6. The predicted molar refractivity (Wildman–Crippen MR) is 84.8 cm³/mol. The Kier molecular flexibility index (Phi) is 3.68. The van der Waals surface area contributed by atoms with Gasteiger partial charge in [-0.25, -0.2) is 4.39 Å². The van der Waals surface area contributed by atoms with E-state index in [0.29, 0.717) is 6.54 Å².